The van der Waals surface area contributed by atoms with Crippen LogP contribution in [0, 0.1) is 18.7 Å². The molecule has 2 aliphatic carbocycles. The lowest BCUT2D eigenvalue weighted by atomic mass is 9.93. The largest absolute Gasteiger partial charge is 0.461 e. The molecule has 0 fully saturated rings. The zero-order valence-electron chi connectivity index (χ0n) is 30.9. The molecule has 6 aromatic carbocycles. The topological polar surface area (TPSA) is 43.2 Å². The molecule has 0 aliphatic heterocycles. The van der Waals surface area contributed by atoms with Crippen molar-refractivity contribution in [2.24, 2.45) is 5.92 Å². The molecule has 11 rings (SSSR count). The SMILES string of the molecule is Cc1ccc(-c2ccc3c(c2)c2ccccc2n3C2C=c3c4c(oc3=CC2C)CCC(F)=C4)cc1-c1ccccc1Nc1ccc2oc3ccc(F)cc3c2c1. The van der Waals surface area contributed by atoms with Crippen molar-refractivity contribution in [1.82, 2.24) is 4.57 Å². The normalized spacial score (nSPS) is 16.5. The van der Waals surface area contributed by atoms with Gasteiger partial charge in [-0.15, -0.1) is 0 Å². The number of fused-ring (bicyclic) bond motifs is 9. The molecule has 272 valence electrons. The third-order valence-electron chi connectivity index (χ3n) is 11.8. The van der Waals surface area contributed by atoms with E-state index in [1.165, 1.54) is 34.0 Å². The highest BCUT2D eigenvalue weighted by atomic mass is 19.1. The third-order valence-corrected chi connectivity index (χ3v) is 11.8. The average Bonchev–Trinajstić information content (AvgIpc) is 3.86. The zero-order chi connectivity index (χ0) is 37.7. The summed E-state index contributed by atoms with van der Waals surface area (Å²) in [5, 5.41) is 8.65. The van der Waals surface area contributed by atoms with Gasteiger partial charge in [-0.05, 0) is 114 Å². The predicted molar refractivity (Wildman–Crippen MR) is 225 cm³/mol. The van der Waals surface area contributed by atoms with Crippen LogP contribution in [0.3, 0.4) is 0 Å². The zero-order valence-corrected chi connectivity index (χ0v) is 30.9. The Morgan fingerprint density at radius 1 is 0.661 bits per heavy atom. The molecule has 2 aliphatic rings. The van der Waals surface area contributed by atoms with Crippen LogP contribution in [-0.4, -0.2) is 4.57 Å². The monoisotopic (exact) mass is 734 g/mol. The summed E-state index contributed by atoms with van der Waals surface area (Å²) >= 11 is 0. The Hall–Kier alpha value is -6.66. The van der Waals surface area contributed by atoms with Crippen molar-refractivity contribution in [2.45, 2.75) is 32.7 Å². The van der Waals surface area contributed by atoms with Crippen molar-refractivity contribution in [3.8, 4) is 22.3 Å². The van der Waals surface area contributed by atoms with Crippen LogP contribution in [0.25, 0.3) is 84.2 Å². The fourth-order valence-corrected chi connectivity index (χ4v) is 9.00. The molecule has 0 saturated carbocycles. The van der Waals surface area contributed by atoms with E-state index >= 15 is 0 Å². The summed E-state index contributed by atoms with van der Waals surface area (Å²) in [6, 6.07) is 41.1. The molecule has 0 amide bonds. The first-order valence-corrected chi connectivity index (χ1v) is 19.2. The highest BCUT2D eigenvalue weighted by Gasteiger charge is 2.27. The Labute approximate surface area is 321 Å². The Balaban J connectivity index is 0.990. The van der Waals surface area contributed by atoms with Gasteiger partial charge < -0.3 is 18.7 Å². The van der Waals surface area contributed by atoms with Gasteiger partial charge in [-0.25, -0.2) is 8.78 Å². The first-order valence-electron chi connectivity index (χ1n) is 19.2. The molecule has 0 spiro atoms. The van der Waals surface area contributed by atoms with Gasteiger partial charge in [-0.2, -0.15) is 0 Å². The highest BCUT2D eigenvalue weighted by molar-refractivity contribution is 6.10. The lowest BCUT2D eigenvalue weighted by Crippen LogP contribution is -2.32. The summed E-state index contributed by atoms with van der Waals surface area (Å²) in [7, 11) is 0. The third kappa shape index (κ3) is 5.16. The smallest absolute Gasteiger partial charge is 0.135 e. The highest BCUT2D eigenvalue weighted by Crippen LogP contribution is 2.41. The lowest BCUT2D eigenvalue weighted by Gasteiger charge is -2.24. The first kappa shape index (κ1) is 32.7. The van der Waals surface area contributed by atoms with Gasteiger partial charge in [0.1, 0.15) is 34.0 Å². The van der Waals surface area contributed by atoms with E-state index in [4.69, 9.17) is 8.83 Å². The van der Waals surface area contributed by atoms with E-state index in [1.807, 2.05) is 24.3 Å². The second-order valence-electron chi connectivity index (χ2n) is 15.3. The van der Waals surface area contributed by atoms with Crippen molar-refractivity contribution in [1.29, 1.82) is 0 Å². The molecule has 4 nitrogen and oxygen atoms in total. The molecule has 0 radical (unpaired) electrons. The van der Waals surface area contributed by atoms with Crippen molar-refractivity contribution < 1.29 is 17.6 Å². The van der Waals surface area contributed by atoms with Gasteiger partial charge in [0, 0.05) is 79.1 Å². The Morgan fingerprint density at radius 3 is 2.34 bits per heavy atom. The summed E-state index contributed by atoms with van der Waals surface area (Å²) in [5.74, 6) is 0.665. The van der Waals surface area contributed by atoms with Gasteiger partial charge in [0.15, 0.2) is 0 Å². The number of furan rings is 2. The van der Waals surface area contributed by atoms with Gasteiger partial charge in [0.25, 0.3) is 0 Å². The molecule has 2 atom stereocenters. The molecule has 9 aromatic rings. The number of aryl methyl sites for hydroxylation is 2. The molecule has 1 N–H and O–H groups in total. The van der Waals surface area contributed by atoms with Gasteiger partial charge in [0.2, 0.25) is 0 Å². The Kier molecular flexibility index (Phi) is 7.27. The maximum absolute atomic E-state index is 14.5. The molecule has 2 unspecified atom stereocenters. The summed E-state index contributed by atoms with van der Waals surface area (Å²) in [6.45, 7) is 4.38. The van der Waals surface area contributed by atoms with Crippen LogP contribution in [0.15, 0.2) is 136 Å². The van der Waals surface area contributed by atoms with Crippen LogP contribution in [0.2, 0.25) is 0 Å². The van der Waals surface area contributed by atoms with Crippen LogP contribution in [0.5, 0.6) is 0 Å². The van der Waals surface area contributed by atoms with Gasteiger partial charge in [0.05, 0.1) is 6.04 Å². The average molecular weight is 735 g/mol. The van der Waals surface area contributed by atoms with Gasteiger partial charge in [-0.3, -0.25) is 0 Å². The van der Waals surface area contributed by atoms with E-state index in [1.54, 1.807) is 12.1 Å². The number of nitrogens with one attached hydrogen (secondary N) is 1. The summed E-state index contributed by atoms with van der Waals surface area (Å²) in [4.78, 5) is 0. The Morgan fingerprint density at radius 2 is 1.43 bits per heavy atom. The van der Waals surface area contributed by atoms with Gasteiger partial charge >= 0.3 is 0 Å². The second-order valence-corrected chi connectivity index (χ2v) is 15.3. The second kappa shape index (κ2) is 12.4. The lowest BCUT2D eigenvalue weighted by molar-refractivity contribution is 0.454. The molecular formula is C50H36F2N2O2. The van der Waals surface area contributed by atoms with E-state index in [0.717, 1.165) is 77.5 Å². The molecule has 0 saturated heterocycles. The summed E-state index contributed by atoms with van der Waals surface area (Å²) in [6.07, 6.45) is 7.13. The number of anilines is 2. The fraction of sp³-hybridized carbons (Fsp3) is 0.120. The molecule has 6 heteroatoms. The number of rotatable bonds is 5. The minimum absolute atomic E-state index is 0.0277. The van der Waals surface area contributed by atoms with Crippen LogP contribution in [0.4, 0.5) is 20.2 Å². The molecule has 0 bridgehead atoms. The number of halogens is 2. The number of hydrogen-bond acceptors (Lipinski definition) is 3. The van der Waals surface area contributed by atoms with E-state index in [9.17, 15) is 8.78 Å². The maximum atomic E-state index is 14.5. The van der Waals surface area contributed by atoms with Crippen molar-refractivity contribution in [2.75, 3.05) is 5.32 Å². The number of benzene rings is 6. The first-order chi connectivity index (χ1) is 27.4. The number of hydrogen-bond donors (Lipinski definition) is 1. The van der Waals surface area contributed by atoms with E-state index < -0.39 is 0 Å². The minimum atomic E-state index is -0.289. The fourth-order valence-electron chi connectivity index (χ4n) is 9.00. The van der Waals surface area contributed by atoms with E-state index in [2.05, 4.69) is 115 Å². The summed E-state index contributed by atoms with van der Waals surface area (Å²) in [5.41, 5.74) is 13.0. The number of aromatic nitrogens is 1. The summed E-state index contributed by atoms with van der Waals surface area (Å²) < 4.78 is 43.3. The van der Waals surface area contributed by atoms with E-state index in [0.29, 0.717) is 18.4 Å². The standard InChI is InChI=1S/C50H36F2N2O2/c1-28-11-12-30(22-37(28)35-7-3-5-9-43(35)53-34-16-20-49-41(26-34)39-24-32(51)14-18-47(39)55-49)31-13-17-45-38(23-31)36-8-4-6-10-44(36)54(45)46-27-42-40-25-33(52)15-19-48(40)56-50(42)21-29(46)2/h3-14,16-18,20-27,29,46,53H,15,19H2,1-2H3. The number of allylic oxidation sites excluding steroid dienone is 1. The minimum Gasteiger partial charge on any atom is -0.461 e. The van der Waals surface area contributed by atoms with Crippen molar-refractivity contribution in [3.63, 3.8) is 0 Å². The number of nitrogens with zero attached hydrogens (tertiary/aromatic N) is 1. The van der Waals surface area contributed by atoms with Gasteiger partial charge in [-0.1, -0.05) is 61.5 Å². The van der Waals surface area contributed by atoms with Crippen molar-refractivity contribution >= 4 is 73.3 Å². The van der Waals surface area contributed by atoms with Crippen LogP contribution in [-0.2, 0) is 6.42 Å². The predicted octanol–water partition coefficient (Wildman–Crippen LogP) is 12.5. The van der Waals surface area contributed by atoms with Crippen molar-refractivity contribution in [3.05, 3.63) is 160 Å². The quantitative estimate of drug-likeness (QED) is 0.191. The van der Waals surface area contributed by atoms with Crippen LogP contribution < -0.4 is 16.0 Å². The molecular weight excluding hydrogens is 699 g/mol. The van der Waals surface area contributed by atoms with E-state index in [-0.39, 0.29) is 23.6 Å². The Bertz CT molecular complexity index is 3250. The molecule has 56 heavy (non-hydrogen) atoms. The molecule has 3 heterocycles. The molecule has 3 aromatic heterocycles. The number of para-hydroxylation sites is 2. The maximum Gasteiger partial charge on any atom is 0.135 e. The van der Waals surface area contributed by atoms with Crippen LogP contribution in [0.1, 0.15) is 36.3 Å². The van der Waals surface area contributed by atoms with Crippen LogP contribution >= 0.6 is 0 Å².